The van der Waals surface area contributed by atoms with Gasteiger partial charge in [0.2, 0.25) is 17.6 Å². The largest absolute Gasteiger partial charge is 0.343 e. The van der Waals surface area contributed by atoms with Gasteiger partial charge in [0, 0.05) is 58.2 Å². The van der Waals surface area contributed by atoms with Gasteiger partial charge in [-0.1, -0.05) is 18.1 Å². The lowest BCUT2D eigenvalue weighted by atomic mass is 10.0. The lowest BCUT2D eigenvalue weighted by molar-refractivity contribution is -0.132. The van der Waals surface area contributed by atoms with Crippen LogP contribution in [-0.2, 0) is 11.2 Å². The number of nitrogens with zero attached hydrogens (tertiary/aromatic N) is 5. The van der Waals surface area contributed by atoms with E-state index in [-0.39, 0.29) is 5.91 Å². The lowest BCUT2D eigenvalue weighted by Gasteiger charge is -2.42. The van der Waals surface area contributed by atoms with Gasteiger partial charge in [0.15, 0.2) is 0 Å². The van der Waals surface area contributed by atoms with Crippen LogP contribution in [0.25, 0.3) is 10.7 Å². The second kappa shape index (κ2) is 9.15. The Balaban J connectivity index is 1.20. The predicted octanol–water partition coefficient (Wildman–Crippen LogP) is 2.36. The molecule has 2 aliphatic heterocycles. The molecule has 4 heterocycles. The Morgan fingerprint density at radius 2 is 2.00 bits per heavy atom. The Labute approximate surface area is 170 Å². The van der Waals surface area contributed by atoms with Crippen LogP contribution in [0.5, 0.6) is 0 Å². The van der Waals surface area contributed by atoms with Gasteiger partial charge in [0.05, 0.1) is 4.88 Å². The average Bonchev–Trinajstić information content (AvgIpc) is 3.44. The number of carbonyl (C=O) groups excluding carboxylic acids is 1. The van der Waals surface area contributed by atoms with Crippen LogP contribution in [0.4, 0.5) is 0 Å². The molecule has 2 aromatic rings. The van der Waals surface area contributed by atoms with E-state index in [1.165, 1.54) is 13.1 Å². The van der Waals surface area contributed by atoms with Gasteiger partial charge >= 0.3 is 0 Å². The lowest BCUT2D eigenvalue weighted by Crippen LogP contribution is -2.53. The van der Waals surface area contributed by atoms with Crippen LogP contribution in [0.3, 0.4) is 0 Å². The van der Waals surface area contributed by atoms with Crippen molar-refractivity contribution >= 4 is 17.2 Å². The first-order valence-corrected chi connectivity index (χ1v) is 11.2. The zero-order valence-electron chi connectivity index (χ0n) is 16.5. The van der Waals surface area contributed by atoms with Crippen molar-refractivity contribution in [1.29, 1.82) is 0 Å². The molecule has 2 fully saturated rings. The minimum Gasteiger partial charge on any atom is -0.343 e. The molecule has 0 N–H and O–H groups in total. The van der Waals surface area contributed by atoms with Gasteiger partial charge in [0.1, 0.15) is 0 Å². The number of hydrogen-bond donors (Lipinski definition) is 0. The minimum atomic E-state index is 0.199. The number of amides is 1. The molecule has 8 heteroatoms. The Bertz CT molecular complexity index is 746. The molecule has 2 aliphatic rings. The summed E-state index contributed by atoms with van der Waals surface area (Å²) in [6, 6.07) is 4.57. The van der Waals surface area contributed by atoms with E-state index >= 15 is 0 Å². The molecular weight excluding hydrogens is 374 g/mol. The smallest absolute Gasteiger partial charge is 0.227 e. The van der Waals surface area contributed by atoms with E-state index < -0.39 is 0 Å². The summed E-state index contributed by atoms with van der Waals surface area (Å²) in [7, 11) is 0. The van der Waals surface area contributed by atoms with Crippen LogP contribution in [0.1, 0.15) is 32.1 Å². The van der Waals surface area contributed by atoms with E-state index in [9.17, 15) is 4.79 Å². The molecule has 28 heavy (non-hydrogen) atoms. The molecule has 2 saturated heterocycles. The third-order valence-electron chi connectivity index (χ3n) is 5.95. The fraction of sp³-hybridized carbons (Fsp3) is 0.650. The SMILES string of the molecule is CCN1CCN(C2CCN(C(=O)CCc3nc(-c4cccs4)no3)CC2)CC1. The van der Waals surface area contributed by atoms with Crippen LogP contribution in [-0.4, -0.2) is 82.6 Å². The average molecular weight is 404 g/mol. The first-order valence-electron chi connectivity index (χ1n) is 10.3. The van der Waals surface area contributed by atoms with Crippen LogP contribution in [0.15, 0.2) is 22.0 Å². The minimum absolute atomic E-state index is 0.199. The molecule has 0 saturated carbocycles. The van der Waals surface area contributed by atoms with Crippen molar-refractivity contribution in [3.8, 4) is 10.7 Å². The molecule has 7 nitrogen and oxygen atoms in total. The van der Waals surface area contributed by atoms with Crippen molar-refractivity contribution in [1.82, 2.24) is 24.8 Å². The number of likely N-dealkylation sites (tertiary alicyclic amines) is 1. The van der Waals surface area contributed by atoms with E-state index in [1.807, 2.05) is 22.4 Å². The zero-order valence-corrected chi connectivity index (χ0v) is 17.4. The molecule has 1 amide bonds. The Morgan fingerprint density at radius 3 is 2.68 bits per heavy atom. The predicted molar refractivity (Wildman–Crippen MR) is 109 cm³/mol. The van der Waals surface area contributed by atoms with Crippen LogP contribution >= 0.6 is 11.3 Å². The summed E-state index contributed by atoms with van der Waals surface area (Å²) in [6.45, 7) is 9.78. The molecular formula is C20H29N5O2S. The number of hydrogen-bond acceptors (Lipinski definition) is 7. The second-order valence-electron chi connectivity index (χ2n) is 7.57. The van der Waals surface area contributed by atoms with E-state index in [4.69, 9.17) is 4.52 Å². The Hall–Kier alpha value is -1.77. The summed E-state index contributed by atoms with van der Waals surface area (Å²) in [5.74, 6) is 1.35. The summed E-state index contributed by atoms with van der Waals surface area (Å²) >= 11 is 1.58. The van der Waals surface area contributed by atoms with Crippen molar-refractivity contribution in [2.24, 2.45) is 0 Å². The molecule has 0 aliphatic carbocycles. The summed E-state index contributed by atoms with van der Waals surface area (Å²) in [4.78, 5) is 25.1. The quantitative estimate of drug-likeness (QED) is 0.738. The number of aryl methyl sites for hydroxylation is 1. The highest BCUT2D eigenvalue weighted by molar-refractivity contribution is 7.13. The van der Waals surface area contributed by atoms with Gasteiger partial charge in [-0.2, -0.15) is 4.98 Å². The van der Waals surface area contributed by atoms with Crippen LogP contribution in [0, 0.1) is 0 Å². The maximum absolute atomic E-state index is 12.6. The van der Waals surface area contributed by atoms with E-state index in [0.29, 0.717) is 30.6 Å². The number of carbonyl (C=O) groups is 1. The van der Waals surface area contributed by atoms with Crippen molar-refractivity contribution in [2.75, 3.05) is 45.8 Å². The summed E-state index contributed by atoms with van der Waals surface area (Å²) in [5, 5.41) is 6.00. The maximum Gasteiger partial charge on any atom is 0.227 e. The van der Waals surface area contributed by atoms with Gasteiger partial charge in [-0.25, -0.2) is 0 Å². The summed E-state index contributed by atoms with van der Waals surface area (Å²) in [6.07, 6.45) is 3.12. The van der Waals surface area contributed by atoms with Gasteiger partial charge in [-0.15, -0.1) is 11.3 Å². The number of aromatic nitrogens is 2. The van der Waals surface area contributed by atoms with Crippen molar-refractivity contribution in [3.63, 3.8) is 0 Å². The van der Waals surface area contributed by atoms with E-state index in [1.54, 1.807) is 11.3 Å². The fourth-order valence-electron chi connectivity index (χ4n) is 4.16. The van der Waals surface area contributed by atoms with E-state index in [2.05, 4.69) is 26.9 Å². The fourth-order valence-corrected chi connectivity index (χ4v) is 4.81. The molecule has 4 rings (SSSR count). The first kappa shape index (κ1) is 19.5. The van der Waals surface area contributed by atoms with Crippen molar-refractivity contribution in [2.45, 2.75) is 38.6 Å². The number of thiophene rings is 1. The molecule has 0 unspecified atom stereocenters. The second-order valence-corrected chi connectivity index (χ2v) is 8.52. The topological polar surface area (TPSA) is 65.7 Å². The monoisotopic (exact) mass is 403 g/mol. The molecule has 2 aromatic heterocycles. The molecule has 0 bridgehead atoms. The highest BCUT2D eigenvalue weighted by Crippen LogP contribution is 2.22. The highest BCUT2D eigenvalue weighted by Gasteiger charge is 2.28. The summed E-state index contributed by atoms with van der Waals surface area (Å²) in [5.41, 5.74) is 0. The molecule has 0 atom stereocenters. The van der Waals surface area contributed by atoms with Gasteiger partial charge in [-0.05, 0) is 30.8 Å². The Morgan fingerprint density at radius 1 is 1.21 bits per heavy atom. The number of piperazine rings is 1. The third kappa shape index (κ3) is 4.61. The number of rotatable bonds is 6. The van der Waals surface area contributed by atoms with Crippen LogP contribution < -0.4 is 0 Å². The summed E-state index contributed by atoms with van der Waals surface area (Å²) < 4.78 is 5.30. The van der Waals surface area contributed by atoms with Crippen molar-refractivity contribution in [3.05, 3.63) is 23.4 Å². The zero-order chi connectivity index (χ0) is 19.3. The van der Waals surface area contributed by atoms with E-state index in [0.717, 1.165) is 50.4 Å². The molecule has 152 valence electrons. The third-order valence-corrected chi connectivity index (χ3v) is 6.82. The number of piperidine rings is 1. The molecule has 0 aromatic carbocycles. The number of likely N-dealkylation sites (N-methyl/N-ethyl adjacent to an activating group) is 1. The van der Waals surface area contributed by atoms with Gasteiger partial charge < -0.3 is 14.3 Å². The maximum atomic E-state index is 12.6. The normalized spacial score (nSPS) is 20.0. The first-order chi connectivity index (χ1) is 13.7. The Kier molecular flexibility index (Phi) is 6.39. The van der Waals surface area contributed by atoms with Crippen molar-refractivity contribution < 1.29 is 9.32 Å². The molecule has 0 spiro atoms. The van der Waals surface area contributed by atoms with Gasteiger partial charge in [-0.3, -0.25) is 9.69 Å². The molecule has 0 radical (unpaired) electrons. The van der Waals surface area contributed by atoms with Crippen LogP contribution in [0.2, 0.25) is 0 Å². The highest BCUT2D eigenvalue weighted by atomic mass is 32.1. The standard InChI is InChI=1S/C20H29N5O2S/c1-2-23-11-13-24(14-12-23)16-7-9-25(10-8-16)19(26)6-5-18-21-20(22-27-18)17-4-3-15-28-17/h3-4,15-16H,2,5-14H2,1H3. The van der Waals surface area contributed by atoms with Gasteiger partial charge in [0.25, 0.3) is 0 Å².